The predicted molar refractivity (Wildman–Crippen MR) is 43.4 cm³/mol. The van der Waals surface area contributed by atoms with E-state index in [1.807, 2.05) is 6.07 Å². The van der Waals surface area contributed by atoms with Crippen LogP contribution in [-0.4, -0.2) is 12.1 Å². The van der Waals surface area contributed by atoms with Gasteiger partial charge in [0, 0.05) is 6.20 Å². The first-order valence-electron chi connectivity index (χ1n) is 2.77. The Balaban J connectivity index is 2.96. The number of nitrogens with zero attached hydrogens (tertiary/aromatic N) is 1. The third-order valence-electron chi connectivity index (χ3n) is 1.08. The molecule has 3 nitrogen and oxygen atoms in total. The summed E-state index contributed by atoms with van der Waals surface area (Å²) in [4.78, 5) is 3.93. The van der Waals surface area contributed by atoms with Crippen LogP contribution in [0, 0.1) is 0 Å². The summed E-state index contributed by atoms with van der Waals surface area (Å²) in [5, 5.41) is 0. The van der Waals surface area contributed by atoms with Crippen molar-refractivity contribution in [3.63, 3.8) is 0 Å². The van der Waals surface area contributed by atoms with E-state index < -0.39 is 0 Å². The molecule has 0 amide bonds. The number of hydrogen-bond donors (Lipinski definition) is 2. The van der Waals surface area contributed by atoms with Gasteiger partial charge in [0.05, 0.1) is 7.11 Å². The molecule has 0 spiro atoms. The Hall–Kier alpha value is -0.900. The lowest BCUT2D eigenvalue weighted by atomic mass is 10.4. The van der Waals surface area contributed by atoms with Gasteiger partial charge in [-0.1, -0.05) is 12.8 Å². The van der Waals surface area contributed by atoms with Crippen LogP contribution in [0.3, 0.4) is 0 Å². The number of ether oxygens (including phenoxy) is 1. The fourth-order valence-electron chi connectivity index (χ4n) is 0.639. The van der Waals surface area contributed by atoms with Crippen LogP contribution in [0.1, 0.15) is 0 Å². The molecule has 0 aliphatic carbocycles. The quantitative estimate of drug-likeness (QED) is 0.634. The maximum Gasteiger partial charge on any atom is 0.237 e. The van der Waals surface area contributed by atoms with Crippen molar-refractivity contribution in [1.82, 2.24) is 4.98 Å². The SMILES string of the molecule is COc1ncccc1NS. The summed E-state index contributed by atoms with van der Waals surface area (Å²) in [5.41, 5.74) is 0.772. The molecule has 0 atom stereocenters. The largest absolute Gasteiger partial charge is 0.480 e. The summed E-state index contributed by atoms with van der Waals surface area (Å²) < 4.78 is 7.57. The van der Waals surface area contributed by atoms with E-state index in [2.05, 4.69) is 22.5 Å². The first-order chi connectivity index (χ1) is 4.88. The molecule has 1 N–H and O–H groups in total. The molecule has 1 aromatic heterocycles. The molecule has 0 bridgehead atoms. The number of methoxy groups -OCH3 is 1. The normalized spacial score (nSPS) is 9.00. The monoisotopic (exact) mass is 156 g/mol. The molecule has 0 unspecified atom stereocenters. The zero-order valence-corrected chi connectivity index (χ0v) is 6.43. The zero-order valence-electron chi connectivity index (χ0n) is 5.53. The van der Waals surface area contributed by atoms with E-state index in [1.165, 1.54) is 0 Å². The first-order valence-corrected chi connectivity index (χ1v) is 3.22. The summed E-state index contributed by atoms with van der Waals surface area (Å²) in [7, 11) is 1.57. The predicted octanol–water partition coefficient (Wildman–Crippen LogP) is 1.35. The van der Waals surface area contributed by atoms with Crippen LogP contribution in [0.5, 0.6) is 5.88 Å². The highest BCUT2D eigenvalue weighted by Gasteiger charge is 1.97. The van der Waals surface area contributed by atoms with E-state index in [9.17, 15) is 0 Å². The molecule has 1 aromatic rings. The highest BCUT2D eigenvalue weighted by atomic mass is 32.1. The maximum absolute atomic E-state index is 4.91. The molecule has 0 saturated carbocycles. The van der Waals surface area contributed by atoms with E-state index in [-0.39, 0.29) is 0 Å². The molecule has 4 heteroatoms. The standard InChI is InChI=1S/C6H8N2OS/c1-9-6-5(8-10)3-2-4-7-6/h2-4,8,10H,1H3. The summed E-state index contributed by atoms with van der Waals surface area (Å²) in [5.74, 6) is 0.553. The summed E-state index contributed by atoms with van der Waals surface area (Å²) in [6.45, 7) is 0. The van der Waals surface area contributed by atoms with Crippen LogP contribution >= 0.6 is 12.8 Å². The minimum absolute atomic E-state index is 0.553. The fourth-order valence-corrected chi connectivity index (χ4v) is 0.809. The van der Waals surface area contributed by atoms with Gasteiger partial charge in [0.1, 0.15) is 5.69 Å². The number of nitrogens with one attached hydrogen (secondary N) is 1. The number of rotatable bonds is 2. The van der Waals surface area contributed by atoms with Gasteiger partial charge in [-0.3, -0.25) is 0 Å². The smallest absolute Gasteiger partial charge is 0.237 e. The maximum atomic E-state index is 4.91. The average Bonchev–Trinajstić information content (AvgIpc) is 2.04. The van der Waals surface area contributed by atoms with Crippen LogP contribution in [0.2, 0.25) is 0 Å². The molecule has 0 aliphatic heterocycles. The molecular weight excluding hydrogens is 148 g/mol. The van der Waals surface area contributed by atoms with Crippen molar-refractivity contribution in [3.8, 4) is 5.88 Å². The Morgan fingerprint density at radius 2 is 2.50 bits per heavy atom. The van der Waals surface area contributed by atoms with Gasteiger partial charge in [0.15, 0.2) is 0 Å². The van der Waals surface area contributed by atoms with Crippen LogP contribution < -0.4 is 9.46 Å². The number of pyridine rings is 1. The van der Waals surface area contributed by atoms with Gasteiger partial charge >= 0.3 is 0 Å². The molecule has 0 radical (unpaired) electrons. The minimum Gasteiger partial charge on any atom is -0.480 e. The zero-order chi connectivity index (χ0) is 7.40. The van der Waals surface area contributed by atoms with Crippen LogP contribution in [0.25, 0.3) is 0 Å². The van der Waals surface area contributed by atoms with E-state index in [1.54, 1.807) is 19.4 Å². The molecule has 0 aromatic carbocycles. The van der Waals surface area contributed by atoms with E-state index >= 15 is 0 Å². The Labute approximate surface area is 65.0 Å². The average molecular weight is 156 g/mol. The van der Waals surface area contributed by atoms with Crippen molar-refractivity contribution in [2.24, 2.45) is 0 Å². The van der Waals surface area contributed by atoms with Gasteiger partial charge < -0.3 is 9.46 Å². The van der Waals surface area contributed by atoms with E-state index in [0.29, 0.717) is 5.88 Å². The van der Waals surface area contributed by atoms with E-state index in [4.69, 9.17) is 4.74 Å². The van der Waals surface area contributed by atoms with Crippen molar-refractivity contribution in [3.05, 3.63) is 18.3 Å². The van der Waals surface area contributed by atoms with Crippen LogP contribution in [-0.2, 0) is 0 Å². The van der Waals surface area contributed by atoms with E-state index in [0.717, 1.165) is 5.69 Å². The van der Waals surface area contributed by atoms with Crippen LogP contribution in [0.4, 0.5) is 5.69 Å². The van der Waals surface area contributed by atoms with Crippen molar-refractivity contribution >= 4 is 18.5 Å². The van der Waals surface area contributed by atoms with Crippen molar-refractivity contribution < 1.29 is 4.74 Å². The molecule has 0 aliphatic rings. The molecule has 0 saturated heterocycles. The Kier molecular flexibility index (Phi) is 2.39. The Morgan fingerprint density at radius 3 is 3.00 bits per heavy atom. The lowest BCUT2D eigenvalue weighted by molar-refractivity contribution is 0.400. The Morgan fingerprint density at radius 1 is 1.70 bits per heavy atom. The number of thiol groups is 1. The topological polar surface area (TPSA) is 34.1 Å². The fraction of sp³-hybridized carbons (Fsp3) is 0.167. The van der Waals surface area contributed by atoms with Gasteiger partial charge in [0.2, 0.25) is 5.88 Å². The van der Waals surface area contributed by atoms with Gasteiger partial charge in [0.25, 0.3) is 0 Å². The summed E-state index contributed by atoms with van der Waals surface area (Å²) in [6.07, 6.45) is 1.66. The second-order valence-electron chi connectivity index (χ2n) is 1.67. The molecule has 1 rings (SSSR count). The van der Waals surface area contributed by atoms with Gasteiger partial charge in [-0.25, -0.2) is 4.98 Å². The first kappa shape index (κ1) is 7.21. The second-order valence-corrected chi connectivity index (χ2v) is 1.90. The molecular formula is C6H8N2OS. The number of aromatic nitrogens is 1. The number of anilines is 1. The second kappa shape index (κ2) is 3.31. The summed E-state index contributed by atoms with van der Waals surface area (Å²) in [6, 6.07) is 3.64. The lowest BCUT2D eigenvalue weighted by Crippen LogP contribution is -1.91. The third kappa shape index (κ3) is 1.33. The highest BCUT2D eigenvalue weighted by molar-refractivity contribution is 7.81. The molecule has 10 heavy (non-hydrogen) atoms. The van der Waals surface area contributed by atoms with Crippen molar-refractivity contribution in [2.45, 2.75) is 0 Å². The Bertz CT molecular complexity index is 194. The number of hydrogen-bond acceptors (Lipinski definition) is 4. The molecule has 54 valence electrons. The minimum atomic E-state index is 0.553. The molecule has 0 fully saturated rings. The van der Waals surface area contributed by atoms with Gasteiger partial charge in [-0.2, -0.15) is 0 Å². The van der Waals surface area contributed by atoms with Crippen molar-refractivity contribution in [2.75, 3.05) is 11.8 Å². The van der Waals surface area contributed by atoms with Crippen molar-refractivity contribution in [1.29, 1.82) is 0 Å². The van der Waals surface area contributed by atoms with Gasteiger partial charge in [-0.15, -0.1) is 0 Å². The lowest BCUT2D eigenvalue weighted by Gasteiger charge is -2.03. The highest BCUT2D eigenvalue weighted by Crippen LogP contribution is 2.19. The molecule has 1 heterocycles. The third-order valence-corrected chi connectivity index (χ3v) is 1.33. The summed E-state index contributed by atoms with van der Waals surface area (Å²) >= 11 is 3.86. The van der Waals surface area contributed by atoms with Crippen LogP contribution in [0.15, 0.2) is 18.3 Å². The van der Waals surface area contributed by atoms with Gasteiger partial charge in [-0.05, 0) is 12.1 Å².